The minimum Gasteiger partial charge on any atom is -0.407 e. The highest BCUT2D eigenvalue weighted by Crippen LogP contribution is 2.26. The van der Waals surface area contributed by atoms with E-state index in [2.05, 4.69) is 41.2 Å². The fourth-order valence-corrected chi connectivity index (χ4v) is 2.36. The van der Waals surface area contributed by atoms with Crippen molar-refractivity contribution in [1.82, 2.24) is 15.5 Å². The standard InChI is InChI=1S/C12H22N4O/c1-4-13-8-11-14-15-12(17-11)16-6-5-9(2)7-10(16)3/h9-10,13H,4-8H2,1-3H3. The molecule has 2 rings (SSSR count). The van der Waals surface area contributed by atoms with Gasteiger partial charge in [-0.25, -0.2) is 0 Å². The Balaban J connectivity index is 1.99. The van der Waals surface area contributed by atoms with Gasteiger partial charge in [0, 0.05) is 12.6 Å². The second-order valence-corrected chi connectivity index (χ2v) is 4.93. The zero-order chi connectivity index (χ0) is 12.3. The Morgan fingerprint density at radius 1 is 1.41 bits per heavy atom. The smallest absolute Gasteiger partial charge is 0.318 e. The monoisotopic (exact) mass is 238 g/mol. The normalized spacial score (nSPS) is 25.2. The first-order valence-electron chi connectivity index (χ1n) is 6.50. The van der Waals surface area contributed by atoms with Crippen molar-refractivity contribution < 1.29 is 4.42 Å². The van der Waals surface area contributed by atoms with Crippen molar-refractivity contribution in [2.75, 3.05) is 18.0 Å². The van der Waals surface area contributed by atoms with Crippen LogP contribution in [0.2, 0.25) is 0 Å². The van der Waals surface area contributed by atoms with Crippen LogP contribution in [0.1, 0.15) is 39.5 Å². The van der Waals surface area contributed by atoms with Gasteiger partial charge in [-0.15, -0.1) is 5.10 Å². The molecule has 0 amide bonds. The number of nitrogens with one attached hydrogen (secondary N) is 1. The molecule has 2 atom stereocenters. The number of anilines is 1. The van der Waals surface area contributed by atoms with Gasteiger partial charge in [-0.05, 0) is 32.2 Å². The summed E-state index contributed by atoms with van der Waals surface area (Å²) >= 11 is 0. The summed E-state index contributed by atoms with van der Waals surface area (Å²) in [7, 11) is 0. The lowest BCUT2D eigenvalue weighted by atomic mass is 9.94. The molecule has 1 aromatic heterocycles. The average molecular weight is 238 g/mol. The van der Waals surface area contributed by atoms with Crippen LogP contribution < -0.4 is 10.2 Å². The largest absolute Gasteiger partial charge is 0.407 e. The number of rotatable bonds is 4. The molecule has 1 aromatic rings. The summed E-state index contributed by atoms with van der Waals surface area (Å²) < 4.78 is 5.67. The molecular weight excluding hydrogens is 216 g/mol. The van der Waals surface area contributed by atoms with Crippen molar-refractivity contribution in [1.29, 1.82) is 0 Å². The van der Waals surface area contributed by atoms with E-state index in [4.69, 9.17) is 4.42 Å². The zero-order valence-electron chi connectivity index (χ0n) is 10.9. The molecule has 0 radical (unpaired) electrons. The summed E-state index contributed by atoms with van der Waals surface area (Å²) in [5.74, 6) is 1.47. The minimum atomic E-state index is 0.492. The summed E-state index contributed by atoms with van der Waals surface area (Å²) in [5.41, 5.74) is 0. The third-order valence-corrected chi connectivity index (χ3v) is 3.37. The Morgan fingerprint density at radius 3 is 2.94 bits per heavy atom. The molecule has 1 N–H and O–H groups in total. The van der Waals surface area contributed by atoms with Crippen LogP contribution in [-0.4, -0.2) is 29.3 Å². The fraction of sp³-hybridized carbons (Fsp3) is 0.833. The van der Waals surface area contributed by atoms with Gasteiger partial charge in [0.05, 0.1) is 6.54 Å². The van der Waals surface area contributed by atoms with E-state index in [1.807, 2.05) is 0 Å². The minimum absolute atomic E-state index is 0.492. The maximum absolute atomic E-state index is 5.67. The SMILES string of the molecule is CCNCc1nnc(N2CCC(C)CC2C)o1. The first kappa shape index (κ1) is 12.4. The van der Waals surface area contributed by atoms with E-state index in [9.17, 15) is 0 Å². The van der Waals surface area contributed by atoms with Crippen LogP contribution in [0.3, 0.4) is 0 Å². The summed E-state index contributed by atoms with van der Waals surface area (Å²) in [5, 5.41) is 11.4. The zero-order valence-corrected chi connectivity index (χ0v) is 10.9. The molecular formula is C12H22N4O. The van der Waals surface area contributed by atoms with E-state index < -0.39 is 0 Å². The van der Waals surface area contributed by atoms with Crippen molar-refractivity contribution in [3.05, 3.63) is 5.89 Å². The van der Waals surface area contributed by atoms with Crippen LogP contribution in [0.25, 0.3) is 0 Å². The van der Waals surface area contributed by atoms with Gasteiger partial charge in [-0.2, -0.15) is 0 Å². The van der Waals surface area contributed by atoms with Crippen LogP contribution in [0.5, 0.6) is 0 Å². The van der Waals surface area contributed by atoms with Crippen molar-refractivity contribution >= 4 is 6.01 Å². The maximum atomic E-state index is 5.67. The molecule has 1 aliphatic heterocycles. The number of aromatic nitrogens is 2. The Morgan fingerprint density at radius 2 is 2.24 bits per heavy atom. The van der Waals surface area contributed by atoms with Gasteiger partial charge in [0.2, 0.25) is 5.89 Å². The predicted octanol–water partition coefficient (Wildman–Crippen LogP) is 1.80. The van der Waals surface area contributed by atoms with Gasteiger partial charge in [0.25, 0.3) is 0 Å². The molecule has 5 heteroatoms. The number of hydrogen-bond acceptors (Lipinski definition) is 5. The van der Waals surface area contributed by atoms with Crippen LogP contribution >= 0.6 is 0 Å². The van der Waals surface area contributed by atoms with Gasteiger partial charge in [-0.1, -0.05) is 18.9 Å². The van der Waals surface area contributed by atoms with Gasteiger partial charge < -0.3 is 14.6 Å². The van der Waals surface area contributed by atoms with E-state index in [0.717, 1.165) is 19.0 Å². The third kappa shape index (κ3) is 2.97. The summed E-state index contributed by atoms with van der Waals surface area (Å²) in [6.07, 6.45) is 2.40. The highest BCUT2D eigenvalue weighted by atomic mass is 16.4. The first-order chi connectivity index (χ1) is 8.20. The third-order valence-electron chi connectivity index (χ3n) is 3.37. The van der Waals surface area contributed by atoms with Crippen molar-refractivity contribution in [2.45, 2.75) is 46.2 Å². The Kier molecular flexibility index (Phi) is 3.99. The number of piperidine rings is 1. The Bertz CT molecular complexity index is 352. The molecule has 2 unspecified atom stereocenters. The lowest BCUT2D eigenvalue weighted by Crippen LogP contribution is -2.40. The van der Waals surface area contributed by atoms with E-state index in [1.165, 1.54) is 12.8 Å². The van der Waals surface area contributed by atoms with Gasteiger partial charge in [-0.3, -0.25) is 0 Å². The molecule has 0 aliphatic carbocycles. The van der Waals surface area contributed by atoms with Gasteiger partial charge in [0.15, 0.2) is 0 Å². The van der Waals surface area contributed by atoms with Crippen LogP contribution in [0, 0.1) is 5.92 Å². The molecule has 0 aromatic carbocycles. The van der Waals surface area contributed by atoms with E-state index in [0.29, 0.717) is 24.5 Å². The number of nitrogens with zero attached hydrogens (tertiary/aromatic N) is 3. The Labute approximate surface area is 103 Å². The molecule has 17 heavy (non-hydrogen) atoms. The molecule has 5 nitrogen and oxygen atoms in total. The van der Waals surface area contributed by atoms with Gasteiger partial charge >= 0.3 is 6.01 Å². The second-order valence-electron chi connectivity index (χ2n) is 4.93. The van der Waals surface area contributed by atoms with Crippen LogP contribution in [0.4, 0.5) is 6.01 Å². The molecule has 1 fully saturated rings. The predicted molar refractivity (Wildman–Crippen MR) is 66.9 cm³/mol. The summed E-state index contributed by atoms with van der Waals surface area (Å²) in [4.78, 5) is 2.22. The van der Waals surface area contributed by atoms with Crippen molar-refractivity contribution in [2.24, 2.45) is 5.92 Å². The fourth-order valence-electron chi connectivity index (χ4n) is 2.36. The summed E-state index contributed by atoms with van der Waals surface area (Å²) in [6.45, 7) is 9.18. The van der Waals surface area contributed by atoms with E-state index in [-0.39, 0.29) is 0 Å². The molecule has 0 spiro atoms. The highest BCUT2D eigenvalue weighted by Gasteiger charge is 2.26. The molecule has 0 bridgehead atoms. The quantitative estimate of drug-likeness (QED) is 0.867. The van der Waals surface area contributed by atoms with E-state index >= 15 is 0 Å². The lowest BCUT2D eigenvalue weighted by Gasteiger charge is -2.34. The van der Waals surface area contributed by atoms with Crippen molar-refractivity contribution in [3.63, 3.8) is 0 Å². The molecule has 1 aliphatic rings. The molecule has 1 saturated heterocycles. The number of hydrogen-bond donors (Lipinski definition) is 1. The molecule has 96 valence electrons. The van der Waals surface area contributed by atoms with E-state index in [1.54, 1.807) is 0 Å². The Hall–Kier alpha value is -1.10. The first-order valence-corrected chi connectivity index (χ1v) is 6.50. The van der Waals surface area contributed by atoms with Crippen molar-refractivity contribution in [3.8, 4) is 0 Å². The van der Waals surface area contributed by atoms with Gasteiger partial charge in [0.1, 0.15) is 0 Å². The lowest BCUT2D eigenvalue weighted by molar-refractivity contribution is 0.352. The molecule has 0 saturated carbocycles. The maximum Gasteiger partial charge on any atom is 0.318 e. The second kappa shape index (κ2) is 5.49. The van der Waals surface area contributed by atoms with Crippen LogP contribution in [0.15, 0.2) is 4.42 Å². The molecule has 2 heterocycles. The topological polar surface area (TPSA) is 54.2 Å². The average Bonchev–Trinajstić information content (AvgIpc) is 2.75. The summed E-state index contributed by atoms with van der Waals surface area (Å²) in [6, 6.07) is 1.17. The highest BCUT2D eigenvalue weighted by molar-refractivity contribution is 5.27. The van der Waals surface area contributed by atoms with Crippen LogP contribution in [-0.2, 0) is 6.54 Å².